The maximum atomic E-state index is 12.0. The Morgan fingerprint density at radius 2 is 2.00 bits per heavy atom. The number of phenolic OH excluding ortho intramolecular Hbond substituents is 1. The number of carbonyl (C=O) groups is 1. The monoisotopic (exact) mass is 259 g/mol. The molecule has 0 saturated heterocycles. The van der Waals surface area contributed by atoms with Crippen LogP contribution in [0.5, 0.6) is 5.75 Å². The molecule has 0 aliphatic carbocycles. The number of alkyl halides is 3. The molecule has 2 N–H and O–H groups in total. The van der Waals surface area contributed by atoms with Gasteiger partial charge in [-0.1, -0.05) is 6.07 Å². The van der Waals surface area contributed by atoms with Gasteiger partial charge < -0.3 is 10.4 Å². The van der Waals surface area contributed by atoms with Gasteiger partial charge in [0, 0.05) is 11.8 Å². The number of hydrogen-bond donors (Lipinski definition) is 2. The number of carbonyl (C=O) groups excluding carboxylic acids is 1. The van der Waals surface area contributed by atoms with Gasteiger partial charge in [-0.2, -0.15) is 13.2 Å². The molecule has 0 amide bonds. The summed E-state index contributed by atoms with van der Waals surface area (Å²) >= 11 is 0. The zero-order valence-corrected chi connectivity index (χ0v) is 9.80. The molecule has 0 aromatic heterocycles. The van der Waals surface area contributed by atoms with Crippen LogP contribution in [-0.2, 0) is 4.79 Å². The quantitative estimate of drug-likeness (QED) is 0.647. The van der Waals surface area contributed by atoms with Gasteiger partial charge in [0.1, 0.15) is 5.75 Å². The molecular weight excluding hydrogens is 247 g/mol. The van der Waals surface area contributed by atoms with E-state index in [1.165, 1.54) is 19.1 Å². The maximum absolute atomic E-state index is 12.0. The van der Waals surface area contributed by atoms with Crippen molar-refractivity contribution in [3.63, 3.8) is 0 Å². The Bertz CT molecular complexity index is 493. The minimum Gasteiger partial charge on any atom is -0.506 e. The second kappa shape index (κ2) is 5.12. The van der Waals surface area contributed by atoms with E-state index in [2.05, 4.69) is 5.32 Å². The molecule has 98 valence electrons. The number of allylic oxidation sites excluding steroid dienone is 2. The lowest BCUT2D eigenvalue weighted by Gasteiger charge is -2.09. The van der Waals surface area contributed by atoms with E-state index in [1.54, 1.807) is 13.0 Å². The summed E-state index contributed by atoms with van der Waals surface area (Å²) in [5, 5.41) is 12.1. The Morgan fingerprint density at radius 3 is 2.50 bits per heavy atom. The summed E-state index contributed by atoms with van der Waals surface area (Å²) in [5.41, 5.74) is 1.05. The van der Waals surface area contributed by atoms with Crippen LogP contribution in [0.4, 0.5) is 18.9 Å². The van der Waals surface area contributed by atoms with E-state index < -0.39 is 12.0 Å². The molecule has 6 heteroatoms. The minimum atomic E-state index is -4.89. The third kappa shape index (κ3) is 3.80. The topological polar surface area (TPSA) is 49.3 Å². The van der Waals surface area contributed by atoms with E-state index in [-0.39, 0.29) is 17.1 Å². The van der Waals surface area contributed by atoms with Crippen molar-refractivity contribution < 1.29 is 23.1 Å². The number of phenols is 1. The van der Waals surface area contributed by atoms with E-state index in [0.717, 1.165) is 5.56 Å². The molecular formula is C12H12F3NO2. The zero-order chi connectivity index (χ0) is 13.9. The van der Waals surface area contributed by atoms with Gasteiger partial charge in [-0.15, -0.1) is 0 Å². The lowest BCUT2D eigenvalue weighted by molar-refractivity contribution is -0.165. The van der Waals surface area contributed by atoms with Crippen LogP contribution in [0.2, 0.25) is 0 Å². The van der Waals surface area contributed by atoms with Crippen LogP contribution in [0, 0.1) is 6.92 Å². The van der Waals surface area contributed by atoms with Gasteiger partial charge in [0.15, 0.2) is 0 Å². The first kappa shape index (κ1) is 14.1. The molecule has 0 fully saturated rings. The van der Waals surface area contributed by atoms with Gasteiger partial charge in [0.2, 0.25) is 0 Å². The van der Waals surface area contributed by atoms with Gasteiger partial charge >= 0.3 is 6.18 Å². The minimum absolute atomic E-state index is 0.00326. The van der Waals surface area contributed by atoms with Crippen LogP contribution in [0.1, 0.15) is 12.5 Å². The average molecular weight is 259 g/mol. The molecule has 0 atom stereocenters. The van der Waals surface area contributed by atoms with Crippen LogP contribution in [0.15, 0.2) is 30.0 Å². The highest BCUT2D eigenvalue weighted by atomic mass is 19.4. The van der Waals surface area contributed by atoms with Crippen LogP contribution in [0.3, 0.4) is 0 Å². The van der Waals surface area contributed by atoms with E-state index >= 15 is 0 Å². The van der Waals surface area contributed by atoms with Crippen molar-refractivity contribution in [2.45, 2.75) is 20.0 Å². The molecule has 1 rings (SSSR count). The van der Waals surface area contributed by atoms with Crippen LogP contribution in [-0.4, -0.2) is 17.1 Å². The van der Waals surface area contributed by atoms with Crippen LogP contribution >= 0.6 is 0 Å². The molecule has 18 heavy (non-hydrogen) atoms. The molecule has 0 aliphatic rings. The number of nitrogens with one attached hydrogen (secondary N) is 1. The number of benzene rings is 1. The highest BCUT2D eigenvalue weighted by molar-refractivity contribution is 5.95. The first-order chi connectivity index (χ1) is 8.20. The molecule has 0 unspecified atom stereocenters. The van der Waals surface area contributed by atoms with Gasteiger partial charge in [0.25, 0.3) is 5.78 Å². The SMILES string of the molecule is C/C(=C/C(=O)C(F)(F)F)Nc1ccc(C)cc1O. The largest absolute Gasteiger partial charge is 0.506 e. The number of ketones is 1. The molecule has 1 aromatic rings. The van der Waals surface area contributed by atoms with E-state index in [9.17, 15) is 23.1 Å². The Morgan fingerprint density at radius 1 is 1.39 bits per heavy atom. The van der Waals surface area contributed by atoms with Crippen molar-refractivity contribution >= 4 is 11.5 Å². The van der Waals surface area contributed by atoms with Crippen molar-refractivity contribution in [2.75, 3.05) is 5.32 Å². The Kier molecular flexibility index (Phi) is 4.00. The summed E-state index contributed by atoms with van der Waals surface area (Å²) < 4.78 is 36.0. The van der Waals surface area contributed by atoms with Crippen molar-refractivity contribution in [2.24, 2.45) is 0 Å². The van der Waals surface area contributed by atoms with Crippen LogP contribution in [0.25, 0.3) is 0 Å². The second-order valence-electron chi connectivity index (χ2n) is 3.83. The number of aryl methyl sites for hydroxylation is 1. The van der Waals surface area contributed by atoms with Gasteiger partial charge in [-0.05, 0) is 31.5 Å². The van der Waals surface area contributed by atoms with Crippen molar-refractivity contribution in [1.29, 1.82) is 0 Å². The third-order valence-electron chi connectivity index (χ3n) is 2.11. The molecule has 0 saturated carbocycles. The van der Waals surface area contributed by atoms with E-state index in [0.29, 0.717) is 6.08 Å². The first-order valence-electron chi connectivity index (χ1n) is 5.06. The van der Waals surface area contributed by atoms with Crippen molar-refractivity contribution in [1.82, 2.24) is 0 Å². The lowest BCUT2D eigenvalue weighted by atomic mass is 10.2. The Hall–Kier alpha value is -1.98. The van der Waals surface area contributed by atoms with Crippen LogP contribution < -0.4 is 5.32 Å². The summed E-state index contributed by atoms with van der Waals surface area (Å²) in [5.74, 6) is -2.04. The number of hydrogen-bond acceptors (Lipinski definition) is 3. The smallest absolute Gasteiger partial charge is 0.454 e. The number of halogens is 3. The fourth-order valence-electron chi connectivity index (χ4n) is 1.27. The molecule has 0 aliphatic heterocycles. The molecule has 1 aromatic carbocycles. The second-order valence-corrected chi connectivity index (χ2v) is 3.83. The summed E-state index contributed by atoms with van der Waals surface area (Å²) in [6, 6.07) is 4.65. The molecule has 0 radical (unpaired) electrons. The highest BCUT2D eigenvalue weighted by Crippen LogP contribution is 2.25. The summed E-state index contributed by atoms with van der Waals surface area (Å²) in [6.07, 6.45) is -4.45. The predicted octanol–water partition coefficient (Wildman–Crippen LogP) is 3.15. The fraction of sp³-hybridized carbons (Fsp3) is 0.250. The maximum Gasteiger partial charge on any atom is 0.454 e. The number of rotatable bonds is 3. The normalized spacial score (nSPS) is 12.4. The third-order valence-corrected chi connectivity index (χ3v) is 2.11. The van der Waals surface area contributed by atoms with Crippen molar-refractivity contribution in [3.05, 3.63) is 35.5 Å². The highest BCUT2D eigenvalue weighted by Gasteiger charge is 2.36. The fourth-order valence-corrected chi connectivity index (χ4v) is 1.27. The van der Waals surface area contributed by atoms with Gasteiger partial charge in [-0.3, -0.25) is 4.79 Å². The van der Waals surface area contributed by atoms with Crippen molar-refractivity contribution in [3.8, 4) is 5.75 Å². The Labute approximate surface area is 102 Å². The molecule has 0 spiro atoms. The van der Waals surface area contributed by atoms with Gasteiger partial charge in [0.05, 0.1) is 5.69 Å². The first-order valence-corrected chi connectivity index (χ1v) is 5.06. The zero-order valence-electron chi connectivity index (χ0n) is 9.80. The lowest BCUT2D eigenvalue weighted by Crippen LogP contribution is -2.21. The van der Waals surface area contributed by atoms with E-state index in [4.69, 9.17) is 0 Å². The molecule has 0 heterocycles. The number of aromatic hydroxyl groups is 1. The number of anilines is 1. The molecule has 0 bridgehead atoms. The molecule has 3 nitrogen and oxygen atoms in total. The average Bonchev–Trinajstić information content (AvgIpc) is 2.20. The standard InChI is InChI=1S/C12H12F3NO2/c1-7-3-4-9(10(17)5-7)16-8(2)6-11(18)12(13,14)15/h3-6,16-17H,1-2H3/b8-6-. The summed E-state index contributed by atoms with van der Waals surface area (Å²) in [4.78, 5) is 10.7. The summed E-state index contributed by atoms with van der Waals surface area (Å²) in [7, 11) is 0. The van der Waals surface area contributed by atoms with E-state index in [1.807, 2.05) is 0 Å². The van der Waals surface area contributed by atoms with Gasteiger partial charge in [-0.25, -0.2) is 0 Å². The summed E-state index contributed by atoms with van der Waals surface area (Å²) in [6.45, 7) is 3.07. The predicted molar refractivity (Wildman–Crippen MR) is 61.3 cm³/mol. The Balaban J connectivity index is 2.85.